The average molecular weight is 350 g/mol. The van der Waals surface area contributed by atoms with E-state index in [-0.39, 0.29) is 17.5 Å². The van der Waals surface area contributed by atoms with Crippen LogP contribution in [0.2, 0.25) is 0 Å². The predicted molar refractivity (Wildman–Crippen MR) is 96.5 cm³/mol. The van der Waals surface area contributed by atoms with Crippen LogP contribution in [0.3, 0.4) is 0 Å². The second kappa shape index (κ2) is 8.16. The first kappa shape index (κ1) is 17.5. The molecule has 1 amide bonds. The fourth-order valence-corrected chi connectivity index (χ4v) is 4.51. The molecule has 7 heteroatoms. The topological polar surface area (TPSA) is 58.4 Å². The van der Waals surface area contributed by atoms with Crippen LogP contribution in [0.1, 0.15) is 36.2 Å². The maximum Gasteiger partial charge on any atom is 0.274 e. The van der Waals surface area contributed by atoms with Crippen molar-refractivity contribution in [3.05, 3.63) is 28.2 Å². The third kappa shape index (κ3) is 4.19. The van der Waals surface area contributed by atoms with Crippen LogP contribution in [0, 0.1) is 0 Å². The molecular formula is C17H26N4O2S. The van der Waals surface area contributed by atoms with Crippen LogP contribution in [0.4, 0.5) is 0 Å². The quantitative estimate of drug-likeness (QED) is 0.820. The molecule has 0 N–H and O–H groups in total. The molecule has 1 aromatic heterocycles. The van der Waals surface area contributed by atoms with Crippen molar-refractivity contribution in [2.45, 2.75) is 31.7 Å². The van der Waals surface area contributed by atoms with Gasteiger partial charge in [0.25, 0.3) is 11.5 Å². The molecule has 0 radical (unpaired) electrons. The zero-order valence-corrected chi connectivity index (χ0v) is 15.1. The predicted octanol–water partition coefficient (Wildman–Crippen LogP) is 1.21. The van der Waals surface area contributed by atoms with Gasteiger partial charge in [0.1, 0.15) is 5.69 Å². The van der Waals surface area contributed by atoms with Gasteiger partial charge in [-0.25, -0.2) is 4.68 Å². The highest BCUT2D eigenvalue weighted by Gasteiger charge is 2.29. The first-order chi connectivity index (χ1) is 11.6. The number of likely N-dealkylation sites (tertiary alicyclic amines) is 1. The van der Waals surface area contributed by atoms with Crippen LogP contribution in [0.25, 0.3) is 0 Å². The van der Waals surface area contributed by atoms with Crippen LogP contribution in [-0.2, 0) is 7.05 Å². The lowest BCUT2D eigenvalue weighted by atomic mass is 10.1. The summed E-state index contributed by atoms with van der Waals surface area (Å²) >= 11 is 1.94. The van der Waals surface area contributed by atoms with Crippen LogP contribution in [-0.4, -0.2) is 69.2 Å². The molecule has 3 heterocycles. The van der Waals surface area contributed by atoms with Crippen molar-refractivity contribution in [2.24, 2.45) is 7.05 Å². The van der Waals surface area contributed by atoms with E-state index >= 15 is 0 Å². The summed E-state index contributed by atoms with van der Waals surface area (Å²) in [6.45, 7) is 4.00. The smallest absolute Gasteiger partial charge is 0.274 e. The Kier molecular flexibility index (Phi) is 5.94. The van der Waals surface area contributed by atoms with E-state index in [1.807, 2.05) is 16.7 Å². The second-order valence-corrected chi connectivity index (χ2v) is 7.77. The van der Waals surface area contributed by atoms with Gasteiger partial charge in [0.05, 0.1) is 6.04 Å². The number of aryl methyl sites for hydroxylation is 1. The van der Waals surface area contributed by atoms with Crippen molar-refractivity contribution in [2.75, 3.05) is 37.7 Å². The Morgan fingerprint density at radius 1 is 1.21 bits per heavy atom. The van der Waals surface area contributed by atoms with E-state index in [9.17, 15) is 9.59 Å². The van der Waals surface area contributed by atoms with Crippen LogP contribution in [0.5, 0.6) is 0 Å². The van der Waals surface area contributed by atoms with Crippen molar-refractivity contribution in [3.8, 4) is 0 Å². The standard InChI is InChI=1S/C17H26N4O2S/c1-19-16(22)7-6-15(18-19)17(23)21-10-5-11-24-13-14(21)12-20-8-3-2-4-9-20/h6-7,14H,2-5,8-13H2,1H3. The first-order valence-corrected chi connectivity index (χ1v) is 9.96. The molecule has 3 rings (SSSR count). The Morgan fingerprint density at radius 2 is 2.00 bits per heavy atom. The van der Waals surface area contributed by atoms with Gasteiger partial charge in [0.2, 0.25) is 0 Å². The minimum absolute atomic E-state index is 0.0462. The minimum atomic E-state index is -0.192. The normalized spacial score (nSPS) is 23.0. The van der Waals surface area contributed by atoms with Crippen molar-refractivity contribution in [1.29, 1.82) is 0 Å². The third-order valence-electron chi connectivity index (χ3n) is 4.80. The summed E-state index contributed by atoms with van der Waals surface area (Å²) in [5, 5.41) is 4.15. The number of rotatable bonds is 3. The van der Waals surface area contributed by atoms with E-state index in [0.29, 0.717) is 5.69 Å². The molecular weight excluding hydrogens is 324 g/mol. The molecule has 2 aliphatic heterocycles. The molecule has 0 aliphatic carbocycles. The zero-order chi connectivity index (χ0) is 16.9. The molecule has 0 bridgehead atoms. The second-order valence-electron chi connectivity index (χ2n) is 6.62. The van der Waals surface area contributed by atoms with Gasteiger partial charge in [0, 0.05) is 32.0 Å². The molecule has 1 atom stereocenters. The Balaban J connectivity index is 1.76. The number of thioether (sulfide) groups is 1. The van der Waals surface area contributed by atoms with Crippen molar-refractivity contribution < 1.29 is 4.79 Å². The highest BCUT2D eigenvalue weighted by atomic mass is 32.2. The lowest BCUT2D eigenvalue weighted by Crippen LogP contribution is -2.49. The zero-order valence-electron chi connectivity index (χ0n) is 14.3. The molecule has 2 saturated heterocycles. The SMILES string of the molecule is Cn1nc(C(=O)N2CCCSCC2CN2CCCCC2)ccc1=O. The molecule has 0 spiro atoms. The summed E-state index contributed by atoms with van der Waals surface area (Å²) < 4.78 is 1.24. The minimum Gasteiger partial charge on any atom is -0.332 e. The van der Waals surface area contributed by atoms with Gasteiger partial charge < -0.3 is 9.80 Å². The number of aromatic nitrogens is 2. The van der Waals surface area contributed by atoms with E-state index < -0.39 is 0 Å². The van der Waals surface area contributed by atoms with Crippen LogP contribution < -0.4 is 5.56 Å². The Hall–Kier alpha value is -1.34. The first-order valence-electron chi connectivity index (χ1n) is 8.80. The number of carbonyl (C=O) groups excluding carboxylic acids is 1. The third-order valence-corrected chi connectivity index (χ3v) is 5.99. The largest absolute Gasteiger partial charge is 0.332 e. The summed E-state index contributed by atoms with van der Waals surface area (Å²) in [4.78, 5) is 29.0. The van der Waals surface area contributed by atoms with Gasteiger partial charge in [-0.15, -0.1) is 0 Å². The van der Waals surface area contributed by atoms with Gasteiger partial charge in [-0.3, -0.25) is 9.59 Å². The number of hydrogen-bond donors (Lipinski definition) is 0. The molecule has 2 aliphatic rings. The van der Waals surface area contributed by atoms with Gasteiger partial charge in [-0.1, -0.05) is 6.42 Å². The molecule has 1 unspecified atom stereocenters. The molecule has 1 aromatic rings. The fraction of sp³-hybridized carbons (Fsp3) is 0.706. The van der Waals surface area contributed by atoms with Gasteiger partial charge in [-0.05, 0) is 44.2 Å². The van der Waals surface area contributed by atoms with E-state index in [1.165, 1.54) is 30.0 Å². The van der Waals surface area contributed by atoms with Gasteiger partial charge >= 0.3 is 0 Å². The monoisotopic (exact) mass is 350 g/mol. The summed E-state index contributed by atoms with van der Waals surface area (Å²) in [5.74, 6) is 2.03. The van der Waals surface area contributed by atoms with Crippen LogP contribution in [0.15, 0.2) is 16.9 Å². The summed E-state index contributed by atoms with van der Waals surface area (Å²) in [6, 6.07) is 3.20. The molecule has 132 valence electrons. The number of amides is 1. The lowest BCUT2D eigenvalue weighted by molar-refractivity contribution is 0.0637. The maximum atomic E-state index is 13.0. The molecule has 0 aromatic carbocycles. The molecule has 6 nitrogen and oxygen atoms in total. The van der Waals surface area contributed by atoms with Gasteiger partial charge in [-0.2, -0.15) is 16.9 Å². The van der Waals surface area contributed by atoms with E-state index in [0.717, 1.165) is 44.1 Å². The van der Waals surface area contributed by atoms with E-state index in [2.05, 4.69) is 10.00 Å². The molecule has 0 saturated carbocycles. The highest BCUT2D eigenvalue weighted by molar-refractivity contribution is 7.99. The summed E-state index contributed by atoms with van der Waals surface area (Å²) in [6.07, 6.45) is 4.85. The number of nitrogens with zero attached hydrogens (tertiary/aromatic N) is 4. The van der Waals surface area contributed by atoms with Gasteiger partial charge in [0.15, 0.2) is 0 Å². The fourth-order valence-electron chi connectivity index (χ4n) is 3.45. The molecule has 24 heavy (non-hydrogen) atoms. The number of piperidine rings is 1. The Morgan fingerprint density at radius 3 is 2.75 bits per heavy atom. The van der Waals surface area contributed by atoms with E-state index in [1.54, 1.807) is 13.1 Å². The number of carbonyl (C=O) groups is 1. The lowest BCUT2D eigenvalue weighted by Gasteiger charge is -2.35. The Labute approximate surface area is 147 Å². The molecule has 2 fully saturated rings. The van der Waals surface area contributed by atoms with Crippen molar-refractivity contribution in [1.82, 2.24) is 19.6 Å². The highest BCUT2D eigenvalue weighted by Crippen LogP contribution is 2.20. The summed E-state index contributed by atoms with van der Waals surface area (Å²) in [5.41, 5.74) is 0.176. The van der Waals surface area contributed by atoms with Crippen molar-refractivity contribution >= 4 is 17.7 Å². The average Bonchev–Trinajstić information content (AvgIpc) is 2.83. The van der Waals surface area contributed by atoms with Crippen molar-refractivity contribution in [3.63, 3.8) is 0 Å². The van der Waals surface area contributed by atoms with E-state index in [4.69, 9.17) is 0 Å². The maximum absolute atomic E-state index is 13.0. The Bertz CT molecular complexity index is 627. The van der Waals surface area contributed by atoms with Crippen LogP contribution >= 0.6 is 11.8 Å². The number of hydrogen-bond acceptors (Lipinski definition) is 5. The summed E-state index contributed by atoms with van der Waals surface area (Å²) in [7, 11) is 1.59.